The third-order valence-corrected chi connectivity index (χ3v) is 6.26. The first-order chi connectivity index (χ1) is 11.1. The molecule has 0 amide bonds. The predicted molar refractivity (Wildman–Crippen MR) is 88.1 cm³/mol. The van der Waals surface area contributed by atoms with Gasteiger partial charge in [-0.1, -0.05) is 13.8 Å². The van der Waals surface area contributed by atoms with Crippen LogP contribution in [0.25, 0.3) is 0 Å². The lowest BCUT2D eigenvalue weighted by atomic mass is 9.57. The van der Waals surface area contributed by atoms with E-state index >= 15 is 0 Å². The number of hydrogen-bond donors (Lipinski definition) is 1. The molecule has 3 fully saturated rings. The van der Waals surface area contributed by atoms with Crippen LogP contribution in [0.2, 0.25) is 0 Å². The van der Waals surface area contributed by atoms with Gasteiger partial charge in [0.1, 0.15) is 6.10 Å². The molecule has 5 heteroatoms. The molecule has 0 unspecified atom stereocenters. The third-order valence-electron chi connectivity index (χ3n) is 6.26. The van der Waals surface area contributed by atoms with Crippen LogP contribution >= 0.6 is 0 Å². The summed E-state index contributed by atoms with van der Waals surface area (Å²) in [6.45, 7) is 10.5. The van der Waals surface area contributed by atoms with Gasteiger partial charge in [0.15, 0.2) is 0 Å². The summed E-state index contributed by atoms with van der Waals surface area (Å²) in [5.74, 6) is 1.24. The Morgan fingerprint density at radius 2 is 2.13 bits per heavy atom. The Morgan fingerprint density at radius 1 is 1.30 bits per heavy atom. The van der Waals surface area contributed by atoms with Gasteiger partial charge in [0.25, 0.3) is 0 Å². The second kappa shape index (κ2) is 5.87. The summed E-state index contributed by atoms with van der Waals surface area (Å²) < 4.78 is 14.0. The molecule has 0 spiro atoms. The Balaban J connectivity index is 1.41. The van der Waals surface area contributed by atoms with Crippen LogP contribution in [0.15, 0.2) is 12.3 Å². The van der Waals surface area contributed by atoms with Gasteiger partial charge in [0.05, 0.1) is 11.8 Å². The molecule has 23 heavy (non-hydrogen) atoms. The lowest BCUT2D eigenvalue weighted by Crippen LogP contribution is -2.66. The van der Waals surface area contributed by atoms with Crippen LogP contribution in [-0.4, -0.2) is 41.7 Å². The maximum absolute atomic E-state index is 6.05. The van der Waals surface area contributed by atoms with Gasteiger partial charge in [0.2, 0.25) is 0 Å². The number of aryl methyl sites for hydroxylation is 1. The lowest BCUT2D eigenvalue weighted by molar-refractivity contribution is -0.113. The quantitative estimate of drug-likeness (QED) is 0.905. The van der Waals surface area contributed by atoms with E-state index in [4.69, 9.17) is 9.47 Å². The van der Waals surface area contributed by atoms with E-state index in [1.165, 1.54) is 12.1 Å². The van der Waals surface area contributed by atoms with Crippen LogP contribution in [-0.2, 0) is 16.0 Å². The molecule has 1 N–H and O–H groups in total. The van der Waals surface area contributed by atoms with Gasteiger partial charge in [-0.15, -0.1) is 0 Å². The molecule has 1 aromatic heterocycles. The Labute approximate surface area is 138 Å². The smallest absolute Gasteiger partial charge is 0.103 e. The number of fused-ring (bicyclic) bond motifs is 1. The van der Waals surface area contributed by atoms with Gasteiger partial charge in [0, 0.05) is 55.8 Å². The maximum Gasteiger partial charge on any atom is 0.103 e. The molecular formula is C18H29N3O2. The minimum atomic E-state index is 0.184. The summed E-state index contributed by atoms with van der Waals surface area (Å²) >= 11 is 0. The minimum Gasteiger partial charge on any atom is -0.377 e. The Hall–Kier alpha value is -0.910. The van der Waals surface area contributed by atoms with E-state index in [9.17, 15) is 0 Å². The van der Waals surface area contributed by atoms with E-state index in [1.54, 1.807) is 0 Å². The van der Waals surface area contributed by atoms with Crippen molar-refractivity contribution < 1.29 is 9.47 Å². The first kappa shape index (κ1) is 15.6. The summed E-state index contributed by atoms with van der Waals surface area (Å²) in [5, 5.41) is 8.27. The average molecular weight is 319 g/mol. The topological polar surface area (TPSA) is 48.3 Å². The highest BCUT2D eigenvalue weighted by atomic mass is 16.5. The van der Waals surface area contributed by atoms with Crippen LogP contribution in [0.1, 0.15) is 45.4 Å². The lowest BCUT2D eigenvalue weighted by Gasteiger charge is -2.55. The zero-order valence-corrected chi connectivity index (χ0v) is 14.5. The van der Waals surface area contributed by atoms with Crippen LogP contribution in [0.4, 0.5) is 0 Å². The normalized spacial score (nSPS) is 38.5. The summed E-state index contributed by atoms with van der Waals surface area (Å²) in [6, 6.07) is 2.69. The van der Waals surface area contributed by atoms with Gasteiger partial charge < -0.3 is 14.8 Å². The molecule has 3 aliphatic rings. The van der Waals surface area contributed by atoms with Crippen molar-refractivity contribution in [2.24, 2.45) is 17.3 Å². The van der Waals surface area contributed by atoms with Crippen molar-refractivity contribution in [1.29, 1.82) is 0 Å². The summed E-state index contributed by atoms with van der Waals surface area (Å²) in [6.07, 6.45) is 4.87. The van der Waals surface area contributed by atoms with Gasteiger partial charge in [-0.05, 0) is 25.8 Å². The number of hydrogen-bond acceptors (Lipinski definition) is 4. The molecule has 0 bridgehead atoms. The average Bonchev–Trinajstić information content (AvgIpc) is 3.26. The van der Waals surface area contributed by atoms with Crippen molar-refractivity contribution in [3.63, 3.8) is 0 Å². The van der Waals surface area contributed by atoms with Crippen LogP contribution in [0.5, 0.6) is 0 Å². The molecule has 5 nitrogen and oxygen atoms in total. The van der Waals surface area contributed by atoms with Gasteiger partial charge in [-0.3, -0.25) is 4.68 Å². The molecule has 4 rings (SSSR count). The van der Waals surface area contributed by atoms with Crippen molar-refractivity contribution in [2.75, 3.05) is 19.8 Å². The summed E-state index contributed by atoms with van der Waals surface area (Å²) in [7, 11) is 0. The molecule has 1 saturated carbocycles. The molecule has 0 radical (unpaired) electrons. The standard InChI is InChI=1S/C18H29N3O2/c1-4-21-14(5-8-20-21)15-12(6-9-22-15)11-19-16-13-7-10-23-17(13)18(16,2)3/h5,8,12-13,15-17,19H,4,6-7,9-11H2,1-3H3/t12-,13+,15+,16+,17-/m0/s1. The zero-order valence-electron chi connectivity index (χ0n) is 14.5. The first-order valence-corrected chi connectivity index (χ1v) is 9.11. The van der Waals surface area contributed by atoms with Gasteiger partial charge in [-0.25, -0.2) is 0 Å². The SMILES string of the molecule is CCn1nccc1[C@@H]1OCC[C@H]1CN[C@@H]1[C@H]2CCO[C@@H]2C1(C)C. The Kier molecular flexibility index (Phi) is 3.98. The van der Waals surface area contributed by atoms with Crippen molar-refractivity contribution >= 4 is 0 Å². The van der Waals surface area contributed by atoms with E-state index in [0.717, 1.165) is 32.7 Å². The molecule has 0 aromatic carbocycles. The Bertz CT molecular complexity index is 556. The van der Waals surface area contributed by atoms with Crippen LogP contribution in [0, 0.1) is 17.3 Å². The number of nitrogens with zero attached hydrogens (tertiary/aromatic N) is 2. The number of rotatable bonds is 5. The van der Waals surface area contributed by atoms with Crippen molar-refractivity contribution in [1.82, 2.24) is 15.1 Å². The number of ether oxygens (including phenoxy) is 2. The van der Waals surface area contributed by atoms with Crippen LogP contribution in [0.3, 0.4) is 0 Å². The van der Waals surface area contributed by atoms with Crippen molar-refractivity contribution in [3.8, 4) is 0 Å². The Morgan fingerprint density at radius 3 is 2.96 bits per heavy atom. The van der Waals surface area contributed by atoms with Gasteiger partial charge >= 0.3 is 0 Å². The number of nitrogens with one attached hydrogen (secondary N) is 1. The fourth-order valence-corrected chi connectivity index (χ4v) is 5.04. The molecule has 5 atom stereocenters. The van der Waals surface area contributed by atoms with Crippen molar-refractivity contribution in [2.45, 2.75) is 58.4 Å². The molecule has 2 aliphatic heterocycles. The molecular weight excluding hydrogens is 290 g/mol. The molecule has 1 aromatic rings. The van der Waals surface area contributed by atoms with E-state index in [2.05, 4.69) is 41.9 Å². The zero-order chi connectivity index (χ0) is 16.0. The molecule has 3 heterocycles. The van der Waals surface area contributed by atoms with E-state index in [1.807, 2.05) is 6.20 Å². The monoisotopic (exact) mass is 319 g/mol. The maximum atomic E-state index is 6.05. The highest BCUT2D eigenvalue weighted by Gasteiger charge is 2.59. The highest BCUT2D eigenvalue weighted by molar-refractivity contribution is 5.12. The van der Waals surface area contributed by atoms with Crippen LogP contribution < -0.4 is 5.32 Å². The van der Waals surface area contributed by atoms with E-state index in [-0.39, 0.29) is 11.5 Å². The fraction of sp³-hybridized carbons (Fsp3) is 0.833. The highest BCUT2D eigenvalue weighted by Crippen LogP contribution is 2.52. The second-order valence-electron chi connectivity index (χ2n) is 7.86. The third kappa shape index (κ3) is 2.44. The van der Waals surface area contributed by atoms with E-state index in [0.29, 0.717) is 24.0 Å². The number of aromatic nitrogens is 2. The van der Waals surface area contributed by atoms with Crippen molar-refractivity contribution in [3.05, 3.63) is 18.0 Å². The molecule has 2 saturated heterocycles. The largest absolute Gasteiger partial charge is 0.377 e. The summed E-state index contributed by atoms with van der Waals surface area (Å²) in [4.78, 5) is 0. The van der Waals surface area contributed by atoms with E-state index < -0.39 is 0 Å². The second-order valence-corrected chi connectivity index (χ2v) is 7.86. The summed E-state index contributed by atoms with van der Waals surface area (Å²) in [5.41, 5.74) is 1.48. The molecule has 128 valence electrons. The first-order valence-electron chi connectivity index (χ1n) is 9.11. The fourth-order valence-electron chi connectivity index (χ4n) is 5.04. The predicted octanol–water partition coefficient (Wildman–Crippen LogP) is 2.38. The van der Waals surface area contributed by atoms with Gasteiger partial charge in [-0.2, -0.15) is 5.10 Å². The molecule has 1 aliphatic carbocycles. The minimum absolute atomic E-state index is 0.184.